The van der Waals surface area contributed by atoms with Crippen molar-refractivity contribution in [3.8, 4) is 0 Å². The molecule has 8 heteroatoms. The van der Waals surface area contributed by atoms with Crippen molar-refractivity contribution < 1.29 is 13.5 Å². The molecule has 1 saturated heterocycles. The van der Waals surface area contributed by atoms with E-state index in [-0.39, 0.29) is 12.1 Å². The highest BCUT2D eigenvalue weighted by atomic mass is 35.5. The average Bonchev–Trinajstić information content (AvgIpc) is 3.14. The summed E-state index contributed by atoms with van der Waals surface area (Å²) in [5.41, 5.74) is -0.0673. The van der Waals surface area contributed by atoms with Crippen LogP contribution in [0.4, 0.5) is 8.78 Å². The monoisotopic (exact) mass is 379 g/mol. The number of rotatable bonds is 4. The SMILES string of the molecule is Fc1ccc([C@]2(Cn3[nH]ncc3=S)O[C@H]2c2ccccc2Cl)c(F)c1. The van der Waals surface area contributed by atoms with Crippen LogP contribution in [0.25, 0.3) is 0 Å². The van der Waals surface area contributed by atoms with Gasteiger partial charge in [0.1, 0.15) is 28.0 Å². The second kappa shape index (κ2) is 6.01. The van der Waals surface area contributed by atoms with Crippen LogP contribution < -0.4 is 0 Å². The van der Waals surface area contributed by atoms with E-state index in [0.717, 1.165) is 11.6 Å². The summed E-state index contributed by atoms with van der Waals surface area (Å²) in [4.78, 5) is 0. The van der Waals surface area contributed by atoms with Gasteiger partial charge in [0.15, 0.2) is 0 Å². The van der Waals surface area contributed by atoms with Crippen molar-refractivity contribution in [1.29, 1.82) is 0 Å². The van der Waals surface area contributed by atoms with Crippen LogP contribution in [0.3, 0.4) is 0 Å². The molecule has 0 spiro atoms. The number of ether oxygens (including phenoxy) is 1. The summed E-state index contributed by atoms with van der Waals surface area (Å²) in [6.07, 6.45) is 1.00. The van der Waals surface area contributed by atoms with Crippen molar-refractivity contribution in [2.45, 2.75) is 18.2 Å². The van der Waals surface area contributed by atoms with Crippen molar-refractivity contribution >= 4 is 23.8 Å². The molecule has 0 bridgehead atoms. The van der Waals surface area contributed by atoms with Crippen LogP contribution in [0.15, 0.2) is 48.7 Å². The molecule has 4 nitrogen and oxygen atoms in total. The van der Waals surface area contributed by atoms with Gasteiger partial charge in [-0.05, 0) is 12.1 Å². The molecule has 0 saturated carbocycles. The number of benzene rings is 2. The van der Waals surface area contributed by atoms with Crippen LogP contribution in [0.2, 0.25) is 5.02 Å². The molecule has 0 radical (unpaired) electrons. The molecule has 0 amide bonds. The van der Waals surface area contributed by atoms with Gasteiger partial charge in [-0.1, -0.05) is 48.1 Å². The van der Waals surface area contributed by atoms with Crippen LogP contribution >= 0.6 is 23.8 Å². The fourth-order valence-corrected chi connectivity index (χ4v) is 3.44. The van der Waals surface area contributed by atoms with Crippen LogP contribution in [0.1, 0.15) is 17.2 Å². The molecule has 2 heterocycles. The first-order chi connectivity index (χ1) is 12.0. The van der Waals surface area contributed by atoms with Gasteiger partial charge in [-0.2, -0.15) is 5.10 Å². The standard InChI is InChI=1S/C17H12ClF2N3OS/c18-13-4-2-1-3-11(13)16-17(24-16,9-23-15(25)8-21-22-23)12-6-5-10(19)7-14(12)20/h1-8,16,22H,9H2/t16-,17-/m0/s1. The van der Waals surface area contributed by atoms with Gasteiger partial charge in [0.25, 0.3) is 0 Å². The van der Waals surface area contributed by atoms with E-state index < -0.39 is 23.3 Å². The molecule has 0 unspecified atom stereocenters. The molecule has 1 aromatic heterocycles. The third kappa shape index (κ3) is 2.78. The van der Waals surface area contributed by atoms with Gasteiger partial charge in [0.2, 0.25) is 0 Å². The maximum atomic E-state index is 14.5. The number of aromatic amines is 1. The average molecular weight is 380 g/mol. The molecule has 1 aliphatic heterocycles. The Labute approximate surface area is 152 Å². The second-order valence-electron chi connectivity index (χ2n) is 5.82. The van der Waals surface area contributed by atoms with Crippen LogP contribution in [-0.4, -0.2) is 15.0 Å². The highest BCUT2D eigenvalue weighted by Crippen LogP contribution is 2.59. The summed E-state index contributed by atoms with van der Waals surface area (Å²) in [6, 6.07) is 10.6. The zero-order valence-electron chi connectivity index (χ0n) is 12.7. The van der Waals surface area contributed by atoms with Crippen LogP contribution in [0, 0.1) is 16.3 Å². The van der Waals surface area contributed by atoms with E-state index in [2.05, 4.69) is 10.3 Å². The molecule has 4 rings (SSSR count). The summed E-state index contributed by atoms with van der Waals surface area (Å²) in [5.74, 6) is -1.33. The lowest BCUT2D eigenvalue weighted by Gasteiger charge is -2.15. The summed E-state index contributed by atoms with van der Waals surface area (Å²) in [6.45, 7) is 0.199. The lowest BCUT2D eigenvalue weighted by atomic mass is 9.91. The minimum Gasteiger partial charge on any atom is -0.354 e. The van der Waals surface area contributed by atoms with Gasteiger partial charge in [0.05, 0.1) is 12.7 Å². The molecular formula is C17H12ClF2N3OS. The Morgan fingerprint density at radius 1 is 1.28 bits per heavy atom. The number of nitrogens with zero attached hydrogens (tertiary/aromatic N) is 2. The van der Waals surface area contributed by atoms with E-state index in [1.165, 1.54) is 18.3 Å². The zero-order valence-corrected chi connectivity index (χ0v) is 14.3. The first-order valence-electron chi connectivity index (χ1n) is 7.49. The third-order valence-electron chi connectivity index (χ3n) is 4.28. The number of H-pyrrole nitrogens is 1. The highest BCUT2D eigenvalue weighted by molar-refractivity contribution is 7.71. The Bertz CT molecular complexity index is 1010. The topological polar surface area (TPSA) is 46.1 Å². The second-order valence-corrected chi connectivity index (χ2v) is 6.64. The van der Waals surface area contributed by atoms with Gasteiger partial charge in [-0.3, -0.25) is 4.68 Å². The van der Waals surface area contributed by atoms with E-state index in [1.54, 1.807) is 16.8 Å². The molecule has 3 aromatic rings. The maximum Gasteiger partial charge on any atom is 0.147 e. The first kappa shape index (κ1) is 16.4. The van der Waals surface area contributed by atoms with Crippen LogP contribution in [0.5, 0.6) is 0 Å². The molecule has 25 heavy (non-hydrogen) atoms. The van der Waals surface area contributed by atoms with E-state index in [9.17, 15) is 8.78 Å². The van der Waals surface area contributed by atoms with Gasteiger partial charge in [0, 0.05) is 22.2 Å². The Hall–Kier alpha value is -2.09. The van der Waals surface area contributed by atoms with E-state index >= 15 is 0 Å². The molecule has 2 atom stereocenters. The molecular weight excluding hydrogens is 368 g/mol. The number of hydrogen-bond acceptors (Lipinski definition) is 3. The third-order valence-corrected chi connectivity index (χ3v) is 4.95. The molecule has 0 aliphatic carbocycles. The van der Waals surface area contributed by atoms with Gasteiger partial charge < -0.3 is 4.74 Å². The summed E-state index contributed by atoms with van der Waals surface area (Å²) >= 11 is 11.5. The normalized spacial score (nSPS) is 22.1. The quantitative estimate of drug-likeness (QED) is 0.534. The molecule has 128 valence electrons. The number of hydrogen-bond donors (Lipinski definition) is 1. The highest BCUT2D eigenvalue weighted by Gasteiger charge is 2.60. The van der Waals surface area contributed by atoms with Crippen molar-refractivity contribution in [3.05, 3.63) is 81.1 Å². The zero-order chi connectivity index (χ0) is 17.6. The Morgan fingerprint density at radius 2 is 2.08 bits per heavy atom. The predicted octanol–water partition coefficient (Wildman–Crippen LogP) is 4.54. The van der Waals surface area contributed by atoms with Crippen LogP contribution in [-0.2, 0) is 16.9 Å². The maximum absolute atomic E-state index is 14.5. The molecule has 1 fully saturated rings. The van der Waals surface area contributed by atoms with Crippen molar-refractivity contribution in [3.63, 3.8) is 0 Å². The Balaban J connectivity index is 1.82. The molecule has 1 aliphatic rings. The number of halogens is 3. The van der Waals surface area contributed by atoms with E-state index in [4.69, 9.17) is 28.6 Å². The number of nitrogens with one attached hydrogen (secondary N) is 1. The fourth-order valence-electron chi connectivity index (χ4n) is 3.04. The Morgan fingerprint density at radius 3 is 2.76 bits per heavy atom. The van der Waals surface area contributed by atoms with Crippen molar-refractivity contribution in [1.82, 2.24) is 15.0 Å². The lowest BCUT2D eigenvalue weighted by Crippen LogP contribution is -2.21. The Kier molecular flexibility index (Phi) is 3.94. The summed E-state index contributed by atoms with van der Waals surface area (Å²) in [5, 5.41) is 7.14. The smallest absolute Gasteiger partial charge is 0.147 e. The van der Waals surface area contributed by atoms with Gasteiger partial charge in [-0.25, -0.2) is 14.0 Å². The summed E-state index contributed by atoms with van der Waals surface area (Å²) in [7, 11) is 0. The minimum atomic E-state index is -1.05. The van der Waals surface area contributed by atoms with E-state index in [1.807, 2.05) is 12.1 Å². The molecule has 1 N–H and O–H groups in total. The van der Waals surface area contributed by atoms with Gasteiger partial charge >= 0.3 is 0 Å². The largest absolute Gasteiger partial charge is 0.354 e. The lowest BCUT2D eigenvalue weighted by molar-refractivity contribution is 0.254. The van der Waals surface area contributed by atoms with E-state index in [0.29, 0.717) is 9.66 Å². The van der Waals surface area contributed by atoms with Crippen molar-refractivity contribution in [2.24, 2.45) is 0 Å². The predicted molar refractivity (Wildman–Crippen MR) is 90.7 cm³/mol. The van der Waals surface area contributed by atoms with Crippen molar-refractivity contribution in [2.75, 3.05) is 0 Å². The molecule has 2 aromatic carbocycles. The summed E-state index contributed by atoms with van der Waals surface area (Å²) < 4.78 is 35.8. The number of aromatic nitrogens is 3. The van der Waals surface area contributed by atoms with Gasteiger partial charge in [-0.15, -0.1) is 0 Å². The fraction of sp³-hybridized carbons (Fsp3) is 0.176. The number of epoxide rings is 1. The first-order valence-corrected chi connectivity index (χ1v) is 8.28. The minimum absolute atomic E-state index is 0.199.